The van der Waals surface area contributed by atoms with Crippen molar-refractivity contribution in [3.05, 3.63) is 64.6 Å². The van der Waals surface area contributed by atoms with Crippen LogP contribution in [0.2, 0.25) is 0 Å². The Kier molecular flexibility index (Phi) is 5.21. The molecular formula is C24H22F4N2O2. The van der Waals surface area contributed by atoms with Gasteiger partial charge in [-0.15, -0.1) is 0 Å². The predicted molar refractivity (Wildman–Crippen MR) is 111 cm³/mol. The van der Waals surface area contributed by atoms with Crippen LogP contribution in [0.3, 0.4) is 0 Å². The maximum absolute atomic E-state index is 14.2. The molecule has 0 radical (unpaired) electrons. The first kappa shape index (κ1) is 22.2. The van der Waals surface area contributed by atoms with E-state index in [-0.39, 0.29) is 18.7 Å². The maximum atomic E-state index is 14.2. The molecule has 0 saturated carbocycles. The van der Waals surface area contributed by atoms with Crippen LogP contribution in [0.25, 0.3) is 10.9 Å². The Labute approximate surface area is 182 Å². The molecule has 32 heavy (non-hydrogen) atoms. The molecule has 3 aromatic rings. The lowest BCUT2D eigenvalue weighted by Crippen LogP contribution is -2.52. The fraction of sp³-hybridized carbons (Fsp3) is 0.375. The van der Waals surface area contributed by atoms with E-state index in [4.69, 9.17) is 10.00 Å². The average Bonchev–Trinajstić information content (AvgIpc) is 3.10. The molecule has 4 rings (SSSR count). The quantitative estimate of drug-likeness (QED) is 0.524. The van der Waals surface area contributed by atoms with Gasteiger partial charge in [-0.25, -0.2) is 4.39 Å². The third kappa shape index (κ3) is 3.82. The molecule has 2 heterocycles. The van der Waals surface area contributed by atoms with Gasteiger partial charge >= 0.3 is 6.18 Å². The Morgan fingerprint density at radius 3 is 2.66 bits per heavy atom. The van der Waals surface area contributed by atoms with Gasteiger partial charge in [-0.05, 0) is 61.7 Å². The molecule has 0 spiro atoms. The molecule has 1 aromatic heterocycles. The average molecular weight is 446 g/mol. The van der Waals surface area contributed by atoms with Gasteiger partial charge in [-0.1, -0.05) is 6.92 Å². The summed E-state index contributed by atoms with van der Waals surface area (Å²) < 4.78 is 62.0. The SMILES string of the molecule is Cc1cc(C#N)cc2[nH]c(CC(O)(CC3(C)CCOc4ccc(F)cc43)C(F)(F)F)cc12. The second kappa shape index (κ2) is 7.52. The lowest BCUT2D eigenvalue weighted by atomic mass is 9.69. The summed E-state index contributed by atoms with van der Waals surface area (Å²) in [5, 5.41) is 20.8. The Morgan fingerprint density at radius 2 is 1.97 bits per heavy atom. The summed E-state index contributed by atoms with van der Waals surface area (Å²) in [7, 11) is 0. The number of nitrogens with one attached hydrogen (secondary N) is 1. The molecule has 1 aliphatic rings. The molecule has 8 heteroatoms. The van der Waals surface area contributed by atoms with Crippen molar-refractivity contribution < 1.29 is 27.4 Å². The normalized spacial score (nSPS) is 20.3. The predicted octanol–water partition coefficient (Wildman–Crippen LogP) is 5.45. The molecule has 2 unspecified atom stereocenters. The van der Waals surface area contributed by atoms with Gasteiger partial charge in [-0.3, -0.25) is 0 Å². The molecule has 0 amide bonds. The molecule has 2 aromatic carbocycles. The number of aromatic nitrogens is 1. The Bertz CT molecular complexity index is 1230. The summed E-state index contributed by atoms with van der Waals surface area (Å²) in [4.78, 5) is 2.92. The molecule has 0 aliphatic carbocycles. The fourth-order valence-electron chi connectivity index (χ4n) is 4.66. The number of nitriles is 1. The van der Waals surface area contributed by atoms with Gasteiger partial charge in [0.1, 0.15) is 11.6 Å². The minimum absolute atomic E-state index is 0.172. The zero-order chi connectivity index (χ0) is 23.3. The van der Waals surface area contributed by atoms with Crippen LogP contribution in [0.15, 0.2) is 36.4 Å². The number of ether oxygens (including phenoxy) is 1. The number of benzene rings is 2. The Morgan fingerprint density at radius 1 is 1.22 bits per heavy atom. The van der Waals surface area contributed by atoms with Gasteiger partial charge in [0.15, 0.2) is 5.60 Å². The molecule has 2 atom stereocenters. The van der Waals surface area contributed by atoms with E-state index in [1.807, 2.05) is 6.07 Å². The van der Waals surface area contributed by atoms with Gasteiger partial charge in [0.25, 0.3) is 0 Å². The lowest BCUT2D eigenvalue weighted by Gasteiger charge is -2.42. The highest BCUT2D eigenvalue weighted by atomic mass is 19.4. The number of aromatic amines is 1. The Hall–Kier alpha value is -3.05. The van der Waals surface area contributed by atoms with Gasteiger partial charge in [-0.2, -0.15) is 18.4 Å². The van der Waals surface area contributed by atoms with E-state index < -0.39 is 35.9 Å². The van der Waals surface area contributed by atoms with Gasteiger partial charge in [0.2, 0.25) is 0 Å². The third-order valence-electron chi connectivity index (χ3n) is 6.33. The summed E-state index contributed by atoms with van der Waals surface area (Å²) in [5.74, 6) is -0.245. The summed E-state index contributed by atoms with van der Waals surface area (Å²) in [6, 6.07) is 10.6. The van der Waals surface area contributed by atoms with E-state index in [2.05, 4.69) is 4.98 Å². The number of hydrogen-bond donors (Lipinski definition) is 2. The van der Waals surface area contributed by atoms with Crippen molar-refractivity contribution in [2.24, 2.45) is 0 Å². The molecule has 1 aliphatic heterocycles. The highest BCUT2D eigenvalue weighted by Gasteiger charge is 2.57. The Balaban J connectivity index is 1.74. The van der Waals surface area contributed by atoms with E-state index in [0.29, 0.717) is 27.8 Å². The topological polar surface area (TPSA) is 69.0 Å². The van der Waals surface area contributed by atoms with Crippen molar-refractivity contribution in [1.82, 2.24) is 4.98 Å². The number of aliphatic hydroxyl groups is 1. The monoisotopic (exact) mass is 446 g/mol. The van der Waals surface area contributed by atoms with Crippen LogP contribution < -0.4 is 4.74 Å². The minimum Gasteiger partial charge on any atom is -0.493 e. The zero-order valence-electron chi connectivity index (χ0n) is 17.6. The smallest absolute Gasteiger partial charge is 0.417 e. The highest BCUT2D eigenvalue weighted by molar-refractivity contribution is 5.85. The number of halogens is 4. The second-order valence-corrected chi connectivity index (χ2v) is 8.84. The first-order valence-electron chi connectivity index (χ1n) is 10.2. The van der Waals surface area contributed by atoms with Crippen molar-refractivity contribution in [1.29, 1.82) is 5.26 Å². The number of fused-ring (bicyclic) bond motifs is 2. The highest BCUT2D eigenvalue weighted by Crippen LogP contribution is 2.48. The molecule has 2 N–H and O–H groups in total. The van der Waals surface area contributed by atoms with Gasteiger partial charge in [0.05, 0.1) is 18.2 Å². The number of alkyl halides is 3. The first-order valence-corrected chi connectivity index (χ1v) is 10.2. The number of hydrogen-bond acceptors (Lipinski definition) is 3. The number of nitrogens with zero attached hydrogens (tertiary/aromatic N) is 1. The summed E-state index contributed by atoms with van der Waals surface area (Å²) in [6.07, 6.45) is -6.07. The lowest BCUT2D eigenvalue weighted by molar-refractivity contribution is -0.267. The van der Waals surface area contributed by atoms with Crippen molar-refractivity contribution in [3.8, 4) is 11.8 Å². The van der Waals surface area contributed by atoms with Crippen LogP contribution >= 0.6 is 0 Å². The van der Waals surface area contributed by atoms with E-state index >= 15 is 0 Å². The molecular weight excluding hydrogens is 424 g/mol. The number of H-pyrrole nitrogens is 1. The van der Waals surface area contributed by atoms with Crippen LogP contribution in [0, 0.1) is 24.1 Å². The summed E-state index contributed by atoms with van der Waals surface area (Å²) in [5.41, 5.74) is -2.01. The van der Waals surface area contributed by atoms with Crippen molar-refractivity contribution >= 4 is 10.9 Å². The number of rotatable bonds is 4. The van der Waals surface area contributed by atoms with Crippen LogP contribution in [0.5, 0.6) is 5.75 Å². The van der Waals surface area contributed by atoms with E-state index in [1.165, 1.54) is 18.2 Å². The van der Waals surface area contributed by atoms with E-state index in [0.717, 1.165) is 5.56 Å². The fourth-order valence-corrected chi connectivity index (χ4v) is 4.66. The zero-order valence-corrected chi connectivity index (χ0v) is 17.6. The van der Waals surface area contributed by atoms with E-state index in [1.54, 1.807) is 32.0 Å². The van der Waals surface area contributed by atoms with Crippen LogP contribution in [0.4, 0.5) is 17.6 Å². The van der Waals surface area contributed by atoms with E-state index in [9.17, 15) is 22.7 Å². The van der Waals surface area contributed by atoms with Crippen LogP contribution in [0.1, 0.15) is 42.1 Å². The molecule has 0 bridgehead atoms. The summed E-state index contributed by atoms with van der Waals surface area (Å²) in [6.45, 7) is 3.54. The number of aryl methyl sites for hydroxylation is 1. The van der Waals surface area contributed by atoms with Gasteiger partial charge < -0.3 is 14.8 Å². The largest absolute Gasteiger partial charge is 0.493 e. The minimum atomic E-state index is -4.92. The third-order valence-corrected chi connectivity index (χ3v) is 6.33. The molecule has 0 fully saturated rings. The molecule has 4 nitrogen and oxygen atoms in total. The summed E-state index contributed by atoms with van der Waals surface area (Å²) >= 11 is 0. The van der Waals surface area contributed by atoms with Crippen molar-refractivity contribution in [3.63, 3.8) is 0 Å². The second-order valence-electron chi connectivity index (χ2n) is 8.84. The maximum Gasteiger partial charge on any atom is 0.417 e. The van der Waals surface area contributed by atoms with Crippen molar-refractivity contribution in [2.75, 3.05) is 6.61 Å². The van der Waals surface area contributed by atoms with Crippen LogP contribution in [-0.2, 0) is 11.8 Å². The van der Waals surface area contributed by atoms with Crippen molar-refractivity contribution in [2.45, 2.75) is 50.3 Å². The van der Waals surface area contributed by atoms with Crippen LogP contribution in [-0.4, -0.2) is 28.5 Å². The van der Waals surface area contributed by atoms with Gasteiger partial charge in [0, 0.05) is 34.0 Å². The first-order chi connectivity index (χ1) is 14.9. The molecule has 0 saturated heterocycles. The standard InChI is InChI=1S/C24H22F4N2O2/c1-14-7-15(12-29)8-20-18(14)10-17(30-20)11-23(31,24(26,27)28)13-22(2)5-6-32-21-4-3-16(25)9-19(21)22/h3-4,7-10,30-31H,5-6,11,13H2,1-2H3. The molecule has 168 valence electrons.